The van der Waals surface area contributed by atoms with Crippen molar-refractivity contribution in [2.75, 3.05) is 5.32 Å². The van der Waals surface area contributed by atoms with Crippen molar-refractivity contribution in [1.29, 1.82) is 0 Å². The Balaban J connectivity index is 1.62. The minimum absolute atomic E-state index is 0.0621. The van der Waals surface area contributed by atoms with E-state index in [9.17, 15) is 13.6 Å². The Morgan fingerprint density at radius 1 is 1.40 bits per heavy atom. The molecule has 0 saturated heterocycles. The molecule has 6 nitrogen and oxygen atoms in total. The molecule has 2 N–H and O–H groups in total. The fourth-order valence-corrected chi connectivity index (χ4v) is 3.47. The number of aromatic amines is 1. The molecule has 0 bridgehead atoms. The summed E-state index contributed by atoms with van der Waals surface area (Å²) >= 11 is 4.33. The number of nitrogens with zero attached hydrogens (tertiary/aromatic N) is 3. The van der Waals surface area contributed by atoms with Crippen molar-refractivity contribution in [2.45, 2.75) is 30.4 Å². The van der Waals surface area contributed by atoms with Crippen molar-refractivity contribution in [3.63, 3.8) is 0 Å². The zero-order valence-electron chi connectivity index (χ0n) is 13.0. The lowest BCUT2D eigenvalue weighted by atomic mass is 9.84. The minimum atomic E-state index is -2.78. The number of amides is 1. The summed E-state index contributed by atoms with van der Waals surface area (Å²) < 4.78 is 28.2. The first-order valence-corrected chi connectivity index (χ1v) is 8.33. The van der Waals surface area contributed by atoms with Crippen molar-refractivity contribution in [3.8, 4) is 0 Å². The van der Waals surface area contributed by atoms with Gasteiger partial charge in [0.15, 0.2) is 0 Å². The number of aromatic nitrogens is 4. The van der Waals surface area contributed by atoms with Gasteiger partial charge in [0.25, 0.3) is 12.3 Å². The zero-order chi connectivity index (χ0) is 17.6. The highest BCUT2D eigenvalue weighted by Crippen LogP contribution is 2.40. The number of thiol groups is 1. The van der Waals surface area contributed by atoms with Crippen LogP contribution >= 0.6 is 12.6 Å². The number of nitrogens with one attached hydrogen (secondary N) is 2. The molecule has 4 rings (SSSR count). The highest BCUT2D eigenvalue weighted by Gasteiger charge is 2.32. The van der Waals surface area contributed by atoms with Crippen molar-refractivity contribution in [3.05, 3.63) is 47.8 Å². The van der Waals surface area contributed by atoms with Crippen LogP contribution in [0.3, 0.4) is 0 Å². The Bertz CT molecular complexity index is 932. The van der Waals surface area contributed by atoms with Crippen LogP contribution in [0.2, 0.25) is 0 Å². The van der Waals surface area contributed by atoms with Gasteiger partial charge in [-0.05, 0) is 25.0 Å². The third-order valence-corrected chi connectivity index (χ3v) is 4.78. The van der Waals surface area contributed by atoms with E-state index in [0.717, 1.165) is 12.8 Å². The fraction of sp³-hybridized carbons (Fsp3) is 0.312. The van der Waals surface area contributed by atoms with E-state index < -0.39 is 18.0 Å². The van der Waals surface area contributed by atoms with Crippen LogP contribution in [0.25, 0.3) is 5.65 Å². The Hall–Kier alpha value is -2.42. The molecular formula is C16H15F2N5OS. The van der Waals surface area contributed by atoms with E-state index in [-0.39, 0.29) is 17.0 Å². The average Bonchev–Trinajstić information content (AvgIpc) is 3.15. The van der Waals surface area contributed by atoms with Gasteiger partial charge in [-0.2, -0.15) is 12.6 Å². The number of hydrogen-bond acceptors (Lipinski definition) is 4. The van der Waals surface area contributed by atoms with E-state index >= 15 is 0 Å². The van der Waals surface area contributed by atoms with Crippen LogP contribution in [0, 0.1) is 0 Å². The number of rotatable bonds is 4. The van der Waals surface area contributed by atoms with E-state index in [1.54, 1.807) is 35.1 Å². The Morgan fingerprint density at radius 2 is 2.20 bits per heavy atom. The first-order valence-electron chi connectivity index (χ1n) is 7.82. The summed E-state index contributed by atoms with van der Waals surface area (Å²) in [6.07, 6.45) is 3.78. The normalized spacial score (nSPS) is 20.0. The summed E-state index contributed by atoms with van der Waals surface area (Å²) in [5.74, 6) is -0.0368. The molecule has 0 atom stereocenters. The smallest absolute Gasteiger partial charge is 0.284 e. The fourth-order valence-electron chi connectivity index (χ4n) is 2.96. The van der Waals surface area contributed by atoms with Gasteiger partial charge in [0, 0.05) is 29.8 Å². The number of carbonyl (C=O) groups excluding carboxylic acids is 1. The lowest BCUT2D eigenvalue weighted by Crippen LogP contribution is -2.23. The maximum absolute atomic E-state index is 13.3. The largest absolute Gasteiger partial charge is 0.328 e. The number of alkyl halides is 2. The first kappa shape index (κ1) is 16.1. The van der Waals surface area contributed by atoms with Crippen LogP contribution in [0.15, 0.2) is 30.7 Å². The molecule has 0 aliphatic heterocycles. The summed E-state index contributed by atoms with van der Waals surface area (Å²) in [4.78, 5) is 23.5. The molecule has 0 unspecified atom stereocenters. The van der Waals surface area contributed by atoms with Gasteiger partial charge >= 0.3 is 0 Å². The van der Waals surface area contributed by atoms with Gasteiger partial charge in [-0.3, -0.25) is 4.79 Å². The minimum Gasteiger partial charge on any atom is -0.328 e. The Kier molecular flexibility index (Phi) is 3.95. The zero-order valence-corrected chi connectivity index (χ0v) is 13.9. The monoisotopic (exact) mass is 363 g/mol. The number of imidazole rings is 1. The maximum Gasteiger partial charge on any atom is 0.284 e. The van der Waals surface area contributed by atoms with Crippen LogP contribution in [-0.4, -0.2) is 30.5 Å². The van der Waals surface area contributed by atoms with Gasteiger partial charge in [-0.15, -0.1) is 0 Å². The molecule has 1 fully saturated rings. The SMILES string of the molecule is O=C(Nc1[nH]c([C@H]2C[C@H](S)C2)nc1C(F)F)c1ccn2cccnc12. The van der Waals surface area contributed by atoms with E-state index in [1.165, 1.54) is 0 Å². The van der Waals surface area contributed by atoms with Crippen LogP contribution in [0.4, 0.5) is 14.6 Å². The molecule has 3 aromatic heterocycles. The Morgan fingerprint density at radius 3 is 2.92 bits per heavy atom. The summed E-state index contributed by atoms with van der Waals surface area (Å²) in [6, 6.07) is 3.33. The van der Waals surface area contributed by atoms with Crippen LogP contribution in [0.1, 0.15) is 47.1 Å². The third-order valence-electron chi connectivity index (χ3n) is 4.36. The van der Waals surface area contributed by atoms with Gasteiger partial charge in [0.2, 0.25) is 0 Å². The number of fused-ring (bicyclic) bond motifs is 1. The van der Waals surface area contributed by atoms with Crippen molar-refractivity contribution in [1.82, 2.24) is 19.4 Å². The van der Waals surface area contributed by atoms with Crippen LogP contribution < -0.4 is 5.32 Å². The van der Waals surface area contributed by atoms with Gasteiger partial charge in [-0.1, -0.05) is 0 Å². The second-order valence-corrected chi connectivity index (χ2v) is 6.77. The van der Waals surface area contributed by atoms with E-state index in [2.05, 4.69) is 32.9 Å². The van der Waals surface area contributed by atoms with Crippen molar-refractivity contribution < 1.29 is 13.6 Å². The summed E-state index contributed by atoms with van der Waals surface area (Å²) in [5.41, 5.74) is 0.314. The quantitative estimate of drug-likeness (QED) is 0.622. The molecule has 9 heteroatoms. The molecule has 1 saturated carbocycles. The Labute approximate surface area is 147 Å². The molecule has 3 heterocycles. The molecule has 130 valence electrons. The highest BCUT2D eigenvalue weighted by atomic mass is 32.1. The average molecular weight is 363 g/mol. The van der Waals surface area contributed by atoms with E-state index in [0.29, 0.717) is 17.0 Å². The summed E-state index contributed by atoms with van der Waals surface area (Å²) in [5, 5.41) is 2.78. The lowest BCUT2D eigenvalue weighted by molar-refractivity contribution is 0.102. The lowest BCUT2D eigenvalue weighted by Gasteiger charge is -2.29. The standard InChI is InChI=1S/C16H15F2N5OS/c17-12(18)11-14(21-13(20-11)8-6-9(25)7-8)22-16(24)10-2-5-23-4-1-3-19-15(10)23/h1-5,8-9,12,25H,6-7H2,(H,20,21)(H,22,24)/t8-,9-. The van der Waals surface area contributed by atoms with Gasteiger partial charge in [0.05, 0.1) is 5.56 Å². The second kappa shape index (κ2) is 6.14. The first-order chi connectivity index (χ1) is 12.0. The molecule has 0 spiro atoms. The van der Waals surface area contributed by atoms with Crippen LogP contribution in [0.5, 0.6) is 0 Å². The highest BCUT2D eigenvalue weighted by molar-refractivity contribution is 7.81. The number of carbonyl (C=O) groups is 1. The van der Waals surface area contributed by atoms with Gasteiger partial charge in [0.1, 0.15) is 23.0 Å². The second-order valence-electron chi connectivity index (χ2n) is 6.04. The maximum atomic E-state index is 13.3. The predicted molar refractivity (Wildman–Crippen MR) is 91.4 cm³/mol. The molecule has 1 aliphatic rings. The number of halogens is 2. The van der Waals surface area contributed by atoms with Crippen LogP contribution in [-0.2, 0) is 0 Å². The number of hydrogen-bond donors (Lipinski definition) is 3. The van der Waals surface area contributed by atoms with Gasteiger partial charge in [-0.25, -0.2) is 18.7 Å². The molecule has 0 aromatic carbocycles. The predicted octanol–water partition coefficient (Wildman–Crippen LogP) is 3.42. The van der Waals surface area contributed by atoms with Crippen molar-refractivity contribution in [2.24, 2.45) is 0 Å². The molecular weight excluding hydrogens is 348 g/mol. The summed E-state index contributed by atoms with van der Waals surface area (Å²) in [7, 11) is 0. The molecule has 3 aromatic rings. The third kappa shape index (κ3) is 2.88. The number of H-pyrrole nitrogens is 1. The number of anilines is 1. The molecule has 25 heavy (non-hydrogen) atoms. The van der Waals surface area contributed by atoms with E-state index in [4.69, 9.17) is 0 Å². The van der Waals surface area contributed by atoms with E-state index in [1.807, 2.05) is 0 Å². The molecule has 1 amide bonds. The molecule has 0 radical (unpaired) electrons. The van der Waals surface area contributed by atoms with Gasteiger partial charge < -0.3 is 14.7 Å². The van der Waals surface area contributed by atoms with Crippen molar-refractivity contribution >= 4 is 30.0 Å². The topological polar surface area (TPSA) is 75.1 Å². The molecule has 1 aliphatic carbocycles. The summed E-state index contributed by atoms with van der Waals surface area (Å²) in [6.45, 7) is 0.